The molecule has 0 unspecified atom stereocenters. The van der Waals surface area contributed by atoms with Crippen LogP contribution >= 0.6 is 56.5 Å². The maximum absolute atomic E-state index is 4.22. The normalized spacial score (nSPS) is 9.90. The summed E-state index contributed by atoms with van der Waals surface area (Å²) < 4.78 is 2.23. The monoisotopic (exact) mass is 380 g/mol. The van der Waals surface area contributed by atoms with E-state index in [0.717, 1.165) is 9.68 Å². The van der Waals surface area contributed by atoms with Crippen molar-refractivity contribution in [2.24, 2.45) is 0 Å². The zero-order valence-electron chi connectivity index (χ0n) is 5.34. The van der Waals surface area contributed by atoms with Gasteiger partial charge in [0.05, 0.1) is 13.6 Å². The molecule has 0 atom stereocenters. The number of rotatable bonds is 2. The van der Waals surface area contributed by atoms with Crippen LogP contribution in [0.25, 0.3) is 0 Å². The summed E-state index contributed by atoms with van der Waals surface area (Å²) in [6, 6.07) is 0. The average molecular weight is 380 g/mol. The summed E-state index contributed by atoms with van der Waals surface area (Å²) in [5.74, 6) is 0. The lowest BCUT2D eigenvalue weighted by Crippen LogP contribution is -2.12. The van der Waals surface area contributed by atoms with Gasteiger partial charge in [-0.05, 0) is 22.6 Å². The Morgan fingerprint density at radius 1 is 1.80 bits per heavy atom. The molecule has 0 bridgehead atoms. The number of thiazole rings is 1. The Labute approximate surface area is 91.3 Å². The Kier molecular flexibility index (Phi) is 3.64. The van der Waals surface area contributed by atoms with Gasteiger partial charge in [0, 0.05) is 7.05 Å². The van der Waals surface area contributed by atoms with Gasteiger partial charge in [0.15, 0.2) is 5.13 Å². The molecule has 10 heavy (non-hydrogen) atoms. The highest BCUT2D eigenvalue weighted by Crippen LogP contribution is 2.22. The predicted molar refractivity (Wildman–Crippen MR) is 62.1 cm³/mol. The predicted octanol–water partition coefficient (Wildman–Crippen LogP) is 2.58. The van der Waals surface area contributed by atoms with E-state index in [-0.39, 0.29) is 0 Å². The Morgan fingerprint density at radius 2 is 2.50 bits per heavy atom. The summed E-state index contributed by atoms with van der Waals surface area (Å²) in [4.78, 5) is 6.34. The number of hydrogen-bond donors (Lipinski definition) is 0. The molecule has 1 aromatic rings. The fourth-order valence-electron chi connectivity index (χ4n) is 0.473. The highest BCUT2D eigenvalue weighted by Gasteiger charge is 2.02. The van der Waals surface area contributed by atoms with Crippen molar-refractivity contribution in [3.8, 4) is 0 Å². The van der Waals surface area contributed by atoms with E-state index in [9.17, 15) is 0 Å². The van der Waals surface area contributed by atoms with Crippen molar-refractivity contribution in [3.63, 3.8) is 0 Å². The van der Waals surface area contributed by atoms with Gasteiger partial charge < -0.3 is 4.90 Å². The molecule has 0 radical (unpaired) electrons. The molecule has 0 aliphatic rings. The number of hydrogen-bond acceptors (Lipinski definition) is 3. The second-order valence-electron chi connectivity index (χ2n) is 1.76. The quantitative estimate of drug-likeness (QED) is 0.446. The van der Waals surface area contributed by atoms with Crippen molar-refractivity contribution in [1.82, 2.24) is 4.98 Å². The lowest BCUT2D eigenvalue weighted by molar-refractivity contribution is 1.09. The van der Waals surface area contributed by atoms with E-state index < -0.39 is 0 Å². The molecule has 5 heteroatoms. The van der Waals surface area contributed by atoms with E-state index in [1.54, 1.807) is 11.3 Å². The molecule has 2 nitrogen and oxygen atoms in total. The first kappa shape index (κ1) is 8.98. The maximum atomic E-state index is 4.22. The number of nitrogens with zero attached hydrogens (tertiary/aromatic N) is 2. The Balaban J connectivity index is 2.74. The molecule has 0 saturated carbocycles. The van der Waals surface area contributed by atoms with E-state index in [4.69, 9.17) is 0 Å². The summed E-state index contributed by atoms with van der Waals surface area (Å²) in [7, 11) is 2.04. The molecular weight excluding hydrogens is 374 g/mol. The lowest BCUT2D eigenvalue weighted by Gasteiger charge is -2.09. The lowest BCUT2D eigenvalue weighted by atomic mass is 10.9. The Hall–Kier alpha value is 0.890. The summed E-state index contributed by atoms with van der Waals surface area (Å²) >= 11 is 6.31. The van der Waals surface area contributed by atoms with Gasteiger partial charge in [-0.3, -0.25) is 0 Å². The van der Waals surface area contributed by atoms with Crippen LogP contribution in [-0.4, -0.2) is 16.6 Å². The standard InChI is InChI=1S/C5H6I2N2S/c1-9(3-6)5-8-2-4(7)10-5/h2H,3H2,1H3. The Bertz CT molecular complexity index is 213. The second-order valence-corrected chi connectivity index (χ2v) is 5.35. The van der Waals surface area contributed by atoms with Crippen molar-refractivity contribution < 1.29 is 0 Å². The van der Waals surface area contributed by atoms with E-state index in [0.29, 0.717) is 0 Å². The number of anilines is 1. The molecule has 0 fully saturated rings. The van der Waals surface area contributed by atoms with Crippen molar-refractivity contribution in [3.05, 3.63) is 9.08 Å². The van der Waals surface area contributed by atoms with Crippen LogP contribution in [0.4, 0.5) is 5.13 Å². The van der Waals surface area contributed by atoms with E-state index in [1.165, 1.54) is 2.88 Å². The van der Waals surface area contributed by atoms with Gasteiger partial charge in [-0.15, -0.1) is 0 Å². The summed E-state index contributed by atoms with van der Waals surface area (Å²) in [5, 5.41) is 1.10. The molecule has 1 rings (SSSR count). The summed E-state index contributed by atoms with van der Waals surface area (Å²) in [6.45, 7) is 0. The third-order valence-corrected chi connectivity index (χ3v) is 3.83. The van der Waals surface area contributed by atoms with E-state index >= 15 is 0 Å². The van der Waals surface area contributed by atoms with Gasteiger partial charge in [-0.25, -0.2) is 4.98 Å². The number of alkyl halides is 1. The van der Waals surface area contributed by atoms with Crippen LogP contribution in [0.15, 0.2) is 6.20 Å². The molecule has 0 spiro atoms. The van der Waals surface area contributed by atoms with Gasteiger partial charge in [-0.1, -0.05) is 33.9 Å². The zero-order valence-corrected chi connectivity index (χ0v) is 10.5. The van der Waals surface area contributed by atoms with Crippen LogP contribution in [0.5, 0.6) is 0 Å². The molecule has 0 amide bonds. The average Bonchev–Trinajstić information content (AvgIpc) is 2.34. The minimum atomic E-state index is 0.987. The molecular formula is C5H6I2N2S. The van der Waals surface area contributed by atoms with Crippen molar-refractivity contribution in [2.45, 2.75) is 0 Å². The first-order chi connectivity index (χ1) is 4.74. The second kappa shape index (κ2) is 4.05. The van der Waals surface area contributed by atoms with Crippen molar-refractivity contribution in [1.29, 1.82) is 0 Å². The SMILES string of the molecule is CN(CI)c1ncc(I)s1. The summed E-state index contributed by atoms with van der Waals surface area (Å²) in [6.07, 6.45) is 1.89. The smallest absolute Gasteiger partial charge is 0.186 e. The van der Waals surface area contributed by atoms with Gasteiger partial charge >= 0.3 is 0 Å². The van der Waals surface area contributed by atoms with Crippen LogP contribution in [-0.2, 0) is 0 Å². The zero-order chi connectivity index (χ0) is 7.56. The maximum Gasteiger partial charge on any atom is 0.186 e. The summed E-state index contributed by atoms with van der Waals surface area (Å²) in [5.41, 5.74) is 0. The molecule has 0 saturated heterocycles. The third kappa shape index (κ3) is 2.19. The topological polar surface area (TPSA) is 16.1 Å². The van der Waals surface area contributed by atoms with E-state index in [1.807, 2.05) is 13.2 Å². The highest BCUT2D eigenvalue weighted by atomic mass is 127. The molecule has 0 aromatic carbocycles. The van der Waals surface area contributed by atoms with Gasteiger partial charge in [0.2, 0.25) is 0 Å². The van der Waals surface area contributed by atoms with Crippen LogP contribution in [0.1, 0.15) is 0 Å². The van der Waals surface area contributed by atoms with Crippen LogP contribution in [0, 0.1) is 2.88 Å². The minimum Gasteiger partial charge on any atom is -0.342 e. The van der Waals surface area contributed by atoms with Gasteiger partial charge in [0.1, 0.15) is 0 Å². The Morgan fingerprint density at radius 3 is 2.90 bits per heavy atom. The van der Waals surface area contributed by atoms with Crippen molar-refractivity contribution >= 4 is 61.7 Å². The minimum absolute atomic E-state index is 0.987. The van der Waals surface area contributed by atoms with Gasteiger partial charge in [0.25, 0.3) is 0 Å². The third-order valence-electron chi connectivity index (χ3n) is 0.971. The fraction of sp³-hybridized carbons (Fsp3) is 0.400. The first-order valence-electron chi connectivity index (χ1n) is 2.62. The first-order valence-corrected chi connectivity index (χ1v) is 6.04. The number of aromatic nitrogens is 1. The fourth-order valence-corrected chi connectivity index (χ4v) is 2.36. The van der Waals surface area contributed by atoms with E-state index in [2.05, 4.69) is 55.1 Å². The van der Waals surface area contributed by atoms with Crippen LogP contribution < -0.4 is 4.90 Å². The molecule has 0 aliphatic heterocycles. The van der Waals surface area contributed by atoms with Gasteiger partial charge in [-0.2, -0.15) is 0 Å². The molecule has 56 valence electrons. The highest BCUT2D eigenvalue weighted by molar-refractivity contribution is 14.1. The van der Waals surface area contributed by atoms with Crippen molar-refractivity contribution in [2.75, 3.05) is 16.5 Å². The molecule has 1 heterocycles. The van der Waals surface area contributed by atoms with Crippen LogP contribution in [0.3, 0.4) is 0 Å². The largest absolute Gasteiger partial charge is 0.342 e. The number of halogens is 2. The molecule has 1 aromatic heterocycles. The molecule has 0 aliphatic carbocycles. The van der Waals surface area contributed by atoms with Crippen LogP contribution in [0.2, 0.25) is 0 Å². The molecule has 0 N–H and O–H groups in total.